The van der Waals surface area contributed by atoms with Crippen LogP contribution in [-0.4, -0.2) is 22.8 Å². The van der Waals surface area contributed by atoms with Crippen molar-refractivity contribution in [1.82, 2.24) is 9.88 Å². The summed E-state index contributed by atoms with van der Waals surface area (Å²) in [5.74, 6) is 1.07. The Labute approximate surface area is 211 Å². The van der Waals surface area contributed by atoms with Crippen molar-refractivity contribution in [3.8, 4) is 0 Å². The van der Waals surface area contributed by atoms with Crippen LogP contribution < -0.4 is 5.32 Å². The summed E-state index contributed by atoms with van der Waals surface area (Å²) in [4.78, 5) is 0. The van der Waals surface area contributed by atoms with Crippen LogP contribution in [0.2, 0.25) is 0 Å². The van der Waals surface area contributed by atoms with Crippen LogP contribution in [0.5, 0.6) is 0 Å². The Kier molecular flexibility index (Phi) is 6.85. The Morgan fingerprint density at radius 3 is 2.34 bits per heavy atom. The van der Waals surface area contributed by atoms with E-state index in [2.05, 4.69) is 92.4 Å². The molecule has 1 heterocycles. The van der Waals surface area contributed by atoms with Crippen LogP contribution in [0.25, 0.3) is 10.9 Å². The summed E-state index contributed by atoms with van der Waals surface area (Å²) in [5.41, 5.74) is 5.82. The van der Waals surface area contributed by atoms with Gasteiger partial charge < -0.3 is 15.0 Å². The smallest absolute Gasteiger partial charge is 0.0796 e. The van der Waals surface area contributed by atoms with Gasteiger partial charge in [-0.3, -0.25) is 0 Å². The Hall–Kier alpha value is -2.10. The van der Waals surface area contributed by atoms with Gasteiger partial charge in [0.15, 0.2) is 0 Å². The maximum Gasteiger partial charge on any atom is 0.0796 e. The van der Waals surface area contributed by atoms with Gasteiger partial charge in [-0.25, -0.2) is 0 Å². The van der Waals surface area contributed by atoms with Gasteiger partial charge in [0.1, 0.15) is 0 Å². The van der Waals surface area contributed by atoms with Gasteiger partial charge in [0.25, 0.3) is 0 Å². The molecule has 1 aromatic heterocycles. The molecular weight excluding hydrogens is 428 g/mol. The molecule has 0 radical (unpaired) electrons. The van der Waals surface area contributed by atoms with E-state index in [1.54, 1.807) is 0 Å². The molecule has 35 heavy (non-hydrogen) atoms. The first-order valence-corrected chi connectivity index (χ1v) is 13.8. The van der Waals surface area contributed by atoms with Gasteiger partial charge in [-0.1, -0.05) is 63.2 Å². The molecule has 3 nitrogen and oxygen atoms in total. The zero-order valence-corrected chi connectivity index (χ0v) is 22.2. The number of benzene rings is 2. The molecule has 1 spiro atoms. The number of aliphatic hydroxyl groups is 1. The Morgan fingerprint density at radius 2 is 1.69 bits per heavy atom. The Balaban J connectivity index is 1.30. The standard InChI is InChI=1S/C32H44N2O/c1-31(2,3)26-11-9-24(10-12-26)30(35)19-25(28-22-34(4)29-8-6-5-7-27(28)29)21-33-20-23-13-15-32(16-14-23)17-18-32/h5-12,22-23,25,30,33,35H,13-21H2,1-4H3. The number of hydrogen-bond acceptors (Lipinski definition) is 2. The summed E-state index contributed by atoms with van der Waals surface area (Å²) < 4.78 is 2.23. The summed E-state index contributed by atoms with van der Waals surface area (Å²) in [6, 6.07) is 17.3. The topological polar surface area (TPSA) is 37.2 Å². The van der Waals surface area contributed by atoms with E-state index in [4.69, 9.17) is 0 Å². The second-order valence-corrected chi connectivity index (χ2v) is 12.6. The molecule has 2 atom stereocenters. The van der Waals surface area contributed by atoms with Crippen molar-refractivity contribution in [3.05, 3.63) is 71.4 Å². The van der Waals surface area contributed by atoms with E-state index in [9.17, 15) is 5.11 Å². The van der Waals surface area contributed by atoms with Crippen molar-refractivity contribution in [2.45, 2.75) is 83.2 Å². The van der Waals surface area contributed by atoms with E-state index in [-0.39, 0.29) is 11.3 Å². The lowest BCUT2D eigenvalue weighted by molar-refractivity contribution is 0.156. The van der Waals surface area contributed by atoms with Crippen molar-refractivity contribution in [1.29, 1.82) is 0 Å². The average molecular weight is 473 g/mol. The molecule has 2 N–H and O–H groups in total. The molecule has 2 saturated carbocycles. The molecule has 2 aliphatic carbocycles. The number of fused-ring (bicyclic) bond motifs is 1. The third kappa shape index (κ3) is 5.52. The maximum atomic E-state index is 11.3. The fourth-order valence-electron chi connectivity index (χ4n) is 6.26. The second-order valence-electron chi connectivity index (χ2n) is 12.6. The zero-order chi connectivity index (χ0) is 24.6. The maximum absolute atomic E-state index is 11.3. The van der Waals surface area contributed by atoms with E-state index < -0.39 is 6.10 Å². The van der Waals surface area contributed by atoms with Crippen LogP contribution in [0, 0.1) is 11.3 Å². The van der Waals surface area contributed by atoms with Crippen molar-refractivity contribution in [2.75, 3.05) is 13.1 Å². The SMILES string of the molecule is Cn1cc(C(CNCC2CCC3(CC2)CC3)CC(O)c2ccc(C(C)(C)C)cc2)c2ccccc21. The number of nitrogens with zero attached hydrogens (tertiary/aromatic N) is 1. The lowest BCUT2D eigenvalue weighted by Gasteiger charge is -2.29. The van der Waals surface area contributed by atoms with Gasteiger partial charge in [-0.2, -0.15) is 0 Å². The van der Waals surface area contributed by atoms with Gasteiger partial charge in [0.05, 0.1) is 6.10 Å². The first-order valence-electron chi connectivity index (χ1n) is 13.8. The molecule has 3 heteroatoms. The Morgan fingerprint density at radius 1 is 1.00 bits per heavy atom. The number of para-hydroxylation sites is 1. The highest BCUT2D eigenvalue weighted by Crippen LogP contribution is 2.57. The number of aromatic nitrogens is 1. The molecule has 188 valence electrons. The minimum atomic E-state index is -0.473. The molecular formula is C32H44N2O. The van der Waals surface area contributed by atoms with Crippen LogP contribution in [0.1, 0.15) is 94.4 Å². The van der Waals surface area contributed by atoms with Crippen LogP contribution >= 0.6 is 0 Å². The monoisotopic (exact) mass is 472 g/mol. The number of rotatable bonds is 8. The lowest BCUT2D eigenvalue weighted by atomic mass is 9.79. The van der Waals surface area contributed by atoms with E-state index >= 15 is 0 Å². The summed E-state index contributed by atoms with van der Waals surface area (Å²) >= 11 is 0. The number of aryl methyl sites for hydroxylation is 1. The summed E-state index contributed by atoms with van der Waals surface area (Å²) in [6.07, 6.45) is 11.1. The van der Waals surface area contributed by atoms with Crippen molar-refractivity contribution in [2.24, 2.45) is 18.4 Å². The third-order valence-corrected chi connectivity index (χ3v) is 8.98. The lowest BCUT2D eigenvalue weighted by Crippen LogP contribution is -2.30. The number of nitrogens with one attached hydrogen (secondary N) is 1. The van der Waals surface area contributed by atoms with Gasteiger partial charge in [0.2, 0.25) is 0 Å². The third-order valence-electron chi connectivity index (χ3n) is 8.98. The highest BCUT2D eigenvalue weighted by molar-refractivity contribution is 5.84. The van der Waals surface area contributed by atoms with Crippen LogP contribution in [0.15, 0.2) is 54.7 Å². The minimum absolute atomic E-state index is 0.122. The van der Waals surface area contributed by atoms with E-state index in [0.717, 1.165) is 36.4 Å². The first-order chi connectivity index (χ1) is 16.7. The van der Waals surface area contributed by atoms with Gasteiger partial charge >= 0.3 is 0 Å². The highest BCUT2D eigenvalue weighted by Gasteiger charge is 2.44. The number of hydrogen-bond donors (Lipinski definition) is 2. The highest BCUT2D eigenvalue weighted by atomic mass is 16.3. The molecule has 2 aliphatic rings. The molecule has 2 unspecified atom stereocenters. The quantitative estimate of drug-likeness (QED) is 0.362. The van der Waals surface area contributed by atoms with Crippen molar-refractivity contribution >= 4 is 10.9 Å². The minimum Gasteiger partial charge on any atom is -0.388 e. The fraction of sp³-hybridized carbons (Fsp3) is 0.562. The molecule has 0 saturated heterocycles. The Bertz CT molecular complexity index is 1120. The molecule has 0 aliphatic heterocycles. The molecule has 2 aromatic carbocycles. The summed E-state index contributed by atoms with van der Waals surface area (Å²) in [5, 5.41) is 16.5. The van der Waals surface area contributed by atoms with Crippen molar-refractivity contribution < 1.29 is 5.11 Å². The van der Waals surface area contributed by atoms with Gasteiger partial charge in [-0.05, 0) is 91.0 Å². The predicted molar refractivity (Wildman–Crippen MR) is 147 cm³/mol. The normalized spacial score (nSPS) is 19.8. The van der Waals surface area contributed by atoms with Gasteiger partial charge in [0, 0.05) is 36.6 Å². The van der Waals surface area contributed by atoms with E-state index in [1.165, 1.54) is 60.6 Å². The molecule has 5 rings (SSSR count). The predicted octanol–water partition coefficient (Wildman–Crippen LogP) is 7.24. The van der Waals surface area contributed by atoms with Gasteiger partial charge in [-0.15, -0.1) is 0 Å². The van der Waals surface area contributed by atoms with Crippen LogP contribution in [0.4, 0.5) is 0 Å². The molecule has 0 amide bonds. The first kappa shape index (κ1) is 24.6. The van der Waals surface area contributed by atoms with Crippen LogP contribution in [0.3, 0.4) is 0 Å². The van der Waals surface area contributed by atoms with E-state index in [1.807, 2.05) is 0 Å². The molecule has 0 bridgehead atoms. The fourth-order valence-corrected chi connectivity index (χ4v) is 6.26. The van der Waals surface area contributed by atoms with Crippen LogP contribution in [-0.2, 0) is 12.5 Å². The van der Waals surface area contributed by atoms with Crippen molar-refractivity contribution in [3.63, 3.8) is 0 Å². The largest absolute Gasteiger partial charge is 0.388 e. The summed E-state index contributed by atoms with van der Waals surface area (Å²) in [7, 11) is 2.13. The summed E-state index contributed by atoms with van der Waals surface area (Å²) in [6.45, 7) is 8.72. The molecule has 3 aromatic rings. The van der Waals surface area contributed by atoms with E-state index in [0.29, 0.717) is 0 Å². The zero-order valence-electron chi connectivity index (χ0n) is 22.2. The number of aliphatic hydroxyl groups excluding tert-OH is 1. The average Bonchev–Trinajstić information content (AvgIpc) is 3.52. The molecule has 2 fully saturated rings. The second kappa shape index (κ2) is 9.75.